The molecule has 1 fully saturated rings. The van der Waals surface area contributed by atoms with Crippen LogP contribution in [0, 0.1) is 5.92 Å². The predicted molar refractivity (Wildman–Crippen MR) is 83.2 cm³/mol. The zero-order chi connectivity index (χ0) is 15.2. The maximum atomic E-state index is 12.6. The number of hydrogen-bond donors (Lipinski definition) is 1. The van der Waals surface area contributed by atoms with E-state index >= 15 is 0 Å². The fourth-order valence-electron chi connectivity index (χ4n) is 2.44. The second kappa shape index (κ2) is 7.07. The average molecular weight is 286 g/mol. The van der Waals surface area contributed by atoms with Crippen molar-refractivity contribution in [1.29, 1.82) is 0 Å². The molecule has 1 N–H and O–H groups in total. The first-order valence-corrected chi connectivity index (χ1v) is 7.40. The fourth-order valence-corrected chi connectivity index (χ4v) is 2.44. The molecule has 0 saturated carbocycles. The highest BCUT2D eigenvalue weighted by Gasteiger charge is 2.23. The van der Waals surface area contributed by atoms with E-state index in [-0.39, 0.29) is 11.8 Å². The number of nitrogens with one attached hydrogen (secondary N) is 1. The van der Waals surface area contributed by atoms with Crippen molar-refractivity contribution in [3.05, 3.63) is 41.6 Å². The summed E-state index contributed by atoms with van der Waals surface area (Å²) in [7, 11) is 0. The maximum Gasteiger partial charge on any atom is 0.270 e. The summed E-state index contributed by atoms with van der Waals surface area (Å²) in [5.41, 5.74) is 1.25. The van der Waals surface area contributed by atoms with Crippen LogP contribution in [0.2, 0.25) is 0 Å². The van der Waals surface area contributed by atoms with Gasteiger partial charge in [-0.25, -0.2) is 0 Å². The van der Waals surface area contributed by atoms with Crippen LogP contribution in [0.5, 0.6) is 0 Å². The Kier molecular flexibility index (Phi) is 5.14. The lowest BCUT2D eigenvalue weighted by Crippen LogP contribution is -2.42. The number of piperidine rings is 1. The summed E-state index contributed by atoms with van der Waals surface area (Å²) in [5, 5.41) is 2.67. The molecule has 112 valence electrons. The van der Waals surface area contributed by atoms with Crippen LogP contribution >= 0.6 is 0 Å². The maximum absolute atomic E-state index is 12.6. The van der Waals surface area contributed by atoms with Gasteiger partial charge in [-0.2, -0.15) is 0 Å². The van der Waals surface area contributed by atoms with E-state index in [9.17, 15) is 9.59 Å². The van der Waals surface area contributed by atoms with Crippen LogP contribution in [0.15, 0.2) is 36.0 Å². The number of rotatable bonds is 3. The number of carbonyl (C=O) groups is 2. The lowest BCUT2D eigenvalue weighted by atomic mass is 9.99. The van der Waals surface area contributed by atoms with Crippen molar-refractivity contribution < 1.29 is 9.59 Å². The van der Waals surface area contributed by atoms with E-state index in [1.807, 2.05) is 35.2 Å². The SMILES string of the molecule is CC(=O)NC(=Cc1ccccc1)C(=O)N1CCC(C)CC1. The van der Waals surface area contributed by atoms with Crippen LogP contribution < -0.4 is 5.32 Å². The molecule has 4 heteroatoms. The lowest BCUT2D eigenvalue weighted by Gasteiger charge is -2.31. The molecule has 0 aliphatic carbocycles. The van der Waals surface area contributed by atoms with Crippen LogP contribution in [-0.2, 0) is 9.59 Å². The minimum Gasteiger partial charge on any atom is -0.337 e. The van der Waals surface area contributed by atoms with Crippen molar-refractivity contribution in [2.24, 2.45) is 5.92 Å². The fraction of sp³-hybridized carbons (Fsp3) is 0.412. The summed E-state index contributed by atoms with van der Waals surface area (Å²) < 4.78 is 0. The minimum atomic E-state index is -0.226. The number of nitrogens with zero attached hydrogens (tertiary/aromatic N) is 1. The summed E-state index contributed by atoms with van der Waals surface area (Å²) in [6, 6.07) is 9.55. The second-order valence-electron chi connectivity index (χ2n) is 5.62. The third-order valence-corrected chi connectivity index (χ3v) is 3.72. The normalized spacial score (nSPS) is 16.7. The Balaban J connectivity index is 2.17. The summed E-state index contributed by atoms with van der Waals surface area (Å²) >= 11 is 0. The smallest absolute Gasteiger partial charge is 0.270 e. The summed E-state index contributed by atoms with van der Waals surface area (Å²) in [6.07, 6.45) is 3.77. The van der Waals surface area contributed by atoms with E-state index in [0.717, 1.165) is 31.5 Å². The largest absolute Gasteiger partial charge is 0.337 e. The predicted octanol–water partition coefficient (Wildman–Crippen LogP) is 2.42. The Morgan fingerprint density at radius 1 is 1.19 bits per heavy atom. The van der Waals surface area contributed by atoms with Gasteiger partial charge in [-0.05, 0) is 30.4 Å². The minimum absolute atomic E-state index is 0.0963. The number of amides is 2. The van der Waals surface area contributed by atoms with Gasteiger partial charge in [0.1, 0.15) is 5.70 Å². The van der Waals surface area contributed by atoms with Gasteiger partial charge in [0.05, 0.1) is 0 Å². The van der Waals surface area contributed by atoms with E-state index in [1.54, 1.807) is 6.08 Å². The number of hydrogen-bond acceptors (Lipinski definition) is 2. The molecule has 1 aliphatic heterocycles. The number of benzene rings is 1. The third kappa shape index (κ3) is 4.45. The highest BCUT2D eigenvalue weighted by Crippen LogP contribution is 2.18. The molecule has 0 spiro atoms. The van der Waals surface area contributed by atoms with Crippen molar-refractivity contribution in [3.8, 4) is 0 Å². The third-order valence-electron chi connectivity index (χ3n) is 3.72. The molecule has 1 aromatic carbocycles. The van der Waals surface area contributed by atoms with Crippen molar-refractivity contribution in [2.75, 3.05) is 13.1 Å². The first-order chi connectivity index (χ1) is 10.1. The molecule has 0 radical (unpaired) electrons. The molecule has 1 saturated heterocycles. The average Bonchev–Trinajstić information content (AvgIpc) is 2.47. The van der Waals surface area contributed by atoms with E-state index < -0.39 is 0 Å². The van der Waals surface area contributed by atoms with E-state index in [2.05, 4.69) is 12.2 Å². The van der Waals surface area contributed by atoms with Crippen LogP contribution in [0.1, 0.15) is 32.3 Å². The van der Waals surface area contributed by atoms with Crippen LogP contribution in [0.3, 0.4) is 0 Å². The molecular weight excluding hydrogens is 264 g/mol. The molecule has 1 aliphatic rings. The summed E-state index contributed by atoms with van der Waals surface area (Å²) in [4.78, 5) is 25.8. The molecule has 0 unspecified atom stereocenters. The Bertz CT molecular complexity index is 529. The van der Waals surface area contributed by atoms with Gasteiger partial charge in [0.15, 0.2) is 0 Å². The molecule has 21 heavy (non-hydrogen) atoms. The molecule has 1 aromatic rings. The van der Waals surface area contributed by atoms with E-state index in [1.165, 1.54) is 6.92 Å². The van der Waals surface area contributed by atoms with Gasteiger partial charge in [-0.3, -0.25) is 9.59 Å². The first-order valence-electron chi connectivity index (χ1n) is 7.40. The second-order valence-corrected chi connectivity index (χ2v) is 5.62. The van der Waals surface area contributed by atoms with Gasteiger partial charge in [0, 0.05) is 20.0 Å². The molecule has 0 aromatic heterocycles. The zero-order valence-corrected chi connectivity index (χ0v) is 12.6. The van der Waals surface area contributed by atoms with Crippen molar-refractivity contribution in [2.45, 2.75) is 26.7 Å². The van der Waals surface area contributed by atoms with Crippen molar-refractivity contribution in [3.63, 3.8) is 0 Å². The Morgan fingerprint density at radius 3 is 2.38 bits per heavy atom. The van der Waals surface area contributed by atoms with Gasteiger partial charge in [0.2, 0.25) is 5.91 Å². The quantitative estimate of drug-likeness (QED) is 0.868. The van der Waals surface area contributed by atoms with E-state index in [4.69, 9.17) is 0 Å². The van der Waals surface area contributed by atoms with Crippen LogP contribution in [0.4, 0.5) is 0 Å². The van der Waals surface area contributed by atoms with Gasteiger partial charge in [-0.15, -0.1) is 0 Å². The first kappa shape index (κ1) is 15.3. The molecule has 1 heterocycles. The molecule has 0 bridgehead atoms. The van der Waals surface area contributed by atoms with Gasteiger partial charge < -0.3 is 10.2 Å². The highest BCUT2D eigenvalue weighted by atomic mass is 16.2. The monoisotopic (exact) mass is 286 g/mol. The lowest BCUT2D eigenvalue weighted by molar-refractivity contribution is -0.130. The van der Waals surface area contributed by atoms with Gasteiger partial charge in [0.25, 0.3) is 5.91 Å². The number of likely N-dealkylation sites (tertiary alicyclic amines) is 1. The zero-order valence-electron chi connectivity index (χ0n) is 12.6. The Hall–Kier alpha value is -2.10. The Morgan fingerprint density at radius 2 is 1.81 bits per heavy atom. The molecule has 2 amide bonds. The topological polar surface area (TPSA) is 49.4 Å². The highest BCUT2D eigenvalue weighted by molar-refractivity contribution is 6.00. The van der Waals surface area contributed by atoms with Crippen molar-refractivity contribution in [1.82, 2.24) is 10.2 Å². The van der Waals surface area contributed by atoms with Crippen LogP contribution in [0.25, 0.3) is 6.08 Å². The Labute approximate surface area is 125 Å². The number of carbonyl (C=O) groups excluding carboxylic acids is 2. The summed E-state index contributed by atoms with van der Waals surface area (Å²) in [5.74, 6) is 0.341. The van der Waals surface area contributed by atoms with Gasteiger partial charge >= 0.3 is 0 Å². The molecule has 2 rings (SSSR count). The van der Waals surface area contributed by atoms with Crippen LogP contribution in [-0.4, -0.2) is 29.8 Å². The van der Waals surface area contributed by atoms with E-state index in [0.29, 0.717) is 11.6 Å². The standard InChI is InChI=1S/C17H22N2O2/c1-13-8-10-19(11-9-13)17(21)16(18-14(2)20)12-15-6-4-3-5-7-15/h3-7,12-13H,8-11H2,1-2H3,(H,18,20). The molecule has 4 nitrogen and oxygen atoms in total. The van der Waals surface area contributed by atoms with Gasteiger partial charge in [-0.1, -0.05) is 37.3 Å². The summed E-state index contributed by atoms with van der Waals surface area (Å²) in [6.45, 7) is 5.14. The molecule has 0 atom stereocenters. The molecular formula is C17H22N2O2. The van der Waals surface area contributed by atoms with Crippen molar-refractivity contribution >= 4 is 17.9 Å².